The highest BCUT2D eigenvalue weighted by Gasteiger charge is 2.27. The van der Waals surface area contributed by atoms with E-state index in [0.717, 1.165) is 56.1 Å². The number of hydrogen-bond acceptors (Lipinski definition) is 6. The molecule has 1 amide bonds. The normalized spacial score (nSPS) is 16.3. The molecule has 0 atom stereocenters. The molecule has 9 heteroatoms. The van der Waals surface area contributed by atoms with E-state index in [-0.39, 0.29) is 33.6 Å². The highest BCUT2D eigenvalue weighted by molar-refractivity contribution is 6.15. The fourth-order valence-corrected chi connectivity index (χ4v) is 6.89. The number of fused-ring (bicyclic) bond motifs is 5. The van der Waals surface area contributed by atoms with Crippen LogP contribution >= 0.6 is 0 Å². The monoisotopic (exact) mass is 564 g/mol. The SMILES string of the molecule is O=C(c1cn2c3cc4c(cc3oc3c(NCCN5CCCC5)c(F)cc(c1=O)c32)c(=O)c1ccccc14)N1CCCC1. The molecule has 2 aliphatic rings. The van der Waals surface area contributed by atoms with Crippen LogP contribution in [-0.4, -0.2) is 59.4 Å². The van der Waals surface area contributed by atoms with Gasteiger partial charge in [0.1, 0.15) is 16.8 Å². The average molecular weight is 565 g/mol. The van der Waals surface area contributed by atoms with E-state index in [1.807, 2.05) is 24.3 Å². The summed E-state index contributed by atoms with van der Waals surface area (Å²) in [5, 5.41) is 5.99. The van der Waals surface area contributed by atoms with E-state index in [4.69, 9.17) is 4.42 Å². The maximum atomic E-state index is 15.8. The van der Waals surface area contributed by atoms with Gasteiger partial charge in [0.05, 0.1) is 10.9 Å². The van der Waals surface area contributed by atoms with E-state index in [9.17, 15) is 14.4 Å². The summed E-state index contributed by atoms with van der Waals surface area (Å²) in [6.45, 7) is 4.47. The molecule has 2 fully saturated rings. The fourth-order valence-electron chi connectivity index (χ4n) is 6.89. The van der Waals surface area contributed by atoms with Gasteiger partial charge in [-0.25, -0.2) is 4.39 Å². The van der Waals surface area contributed by atoms with Crippen molar-refractivity contribution in [2.75, 3.05) is 44.6 Å². The number of likely N-dealkylation sites (tertiary alicyclic amines) is 2. The molecule has 0 unspecified atom stereocenters. The van der Waals surface area contributed by atoms with Crippen molar-refractivity contribution in [3.05, 3.63) is 80.5 Å². The van der Waals surface area contributed by atoms with Gasteiger partial charge in [-0.2, -0.15) is 0 Å². The van der Waals surface area contributed by atoms with E-state index < -0.39 is 11.2 Å². The van der Waals surface area contributed by atoms with Crippen molar-refractivity contribution in [3.63, 3.8) is 0 Å². The molecular weight excluding hydrogens is 535 g/mol. The molecule has 2 saturated heterocycles. The largest absolute Gasteiger partial charge is 0.451 e. The Balaban J connectivity index is 1.42. The molecule has 0 aliphatic carbocycles. The molecule has 4 aromatic carbocycles. The van der Waals surface area contributed by atoms with Gasteiger partial charge in [0.2, 0.25) is 5.43 Å². The minimum Gasteiger partial charge on any atom is -0.451 e. The molecule has 4 heterocycles. The second-order valence-electron chi connectivity index (χ2n) is 11.5. The lowest BCUT2D eigenvalue weighted by Gasteiger charge is -2.20. The van der Waals surface area contributed by atoms with Gasteiger partial charge in [-0.3, -0.25) is 14.4 Å². The van der Waals surface area contributed by atoms with Gasteiger partial charge >= 0.3 is 0 Å². The molecular formula is C33H29FN4O4. The molecule has 2 aromatic heterocycles. The molecule has 0 bridgehead atoms. The molecule has 8 nitrogen and oxygen atoms in total. The van der Waals surface area contributed by atoms with E-state index in [1.54, 1.807) is 27.6 Å². The van der Waals surface area contributed by atoms with Crippen molar-refractivity contribution < 1.29 is 13.6 Å². The van der Waals surface area contributed by atoms with Crippen molar-refractivity contribution >= 4 is 60.7 Å². The molecule has 212 valence electrons. The minimum atomic E-state index is -0.624. The van der Waals surface area contributed by atoms with Crippen molar-refractivity contribution in [1.82, 2.24) is 14.2 Å². The lowest BCUT2D eigenvalue weighted by atomic mass is 10.1. The first kappa shape index (κ1) is 25.2. The van der Waals surface area contributed by atoms with Crippen LogP contribution < -0.4 is 16.2 Å². The molecule has 42 heavy (non-hydrogen) atoms. The number of halogens is 1. The van der Waals surface area contributed by atoms with Crippen LogP contribution in [0.4, 0.5) is 10.1 Å². The molecule has 0 radical (unpaired) electrons. The number of nitrogens with zero attached hydrogens (tertiary/aromatic N) is 3. The Morgan fingerprint density at radius 1 is 0.857 bits per heavy atom. The van der Waals surface area contributed by atoms with E-state index in [2.05, 4.69) is 10.2 Å². The number of carbonyl (C=O) groups excluding carboxylic acids is 1. The lowest BCUT2D eigenvalue weighted by molar-refractivity contribution is 0.0791. The maximum Gasteiger partial charge on any atom is 0.259 e. The minimum absolute atomic E-state index is 0.00526. The maximum absolute atomic E-state index is 15.8. The van der Waals surface area contributed by atoms with Crippen LogP contribution in [0.2, 0.25) is 0 Å². The number of rotatable bonds is 5. The number of aromatic nitrogens is 1. The number of nitrogens with one attached hydrogen (secondary N) is 1. The first-order valence-corrected chi connectivity index (χ1v) is 14.7. The summed E-state index contributed by atoms with van der Waals surface area (Å²) in [6, 6.07) is 12.2. The summed E-state index contributed by atoms with van der Waals surface area (Å²) in [7, 11) is 0. The summed E-state index contributed by atoms with van der Waals surface area (Å²) in [6.07, 6.45) is 5.65. The van der Waals surface area contributed by atoms with Gasteiger partial charge < -0.3 is 23.9 Å². The number of carbonyl (C=O) groups is 1. The number of hydrogen-bond donors (Lipinski definition) is 1. The van der Waals surface area contributed by atoms with Gasteiger partial charge in [-0.15, -0.1) is 0 Å². The van der Waals surface area contributed by atoms with Crippen molar-refractivity contribution in [2.45, 2.75) is 25.7 Å². The van der Waals surface area contributed by atoms with Gasteiger partial charge in [0.25, 0.3) is 5.91 Å². The van der Waals surface area contributed by atoms with Crippen LogP contribution in [0.1, 0.15) is 36.0 Å². The molecule has 1 N–H and O–H groups in total. The second-order valence-corrected chi connectivity index (χ2v) is 11.5. The molecule has 0 saturated carbocycles. The van der Waals surface area contributed by atoms with Crippen molar-refractivity contribution in [2.24, 2.45) is 0 Å². The van der Waals surface area contributed by atoms with Crippen LogP contribution in [0.3, 0.4) is 0 Å². The van der Waals surface area contributed by atoms with Crippen LogP contribution in [0, 0.1) is 5.82 Å². The smallest absolute Gasteiger partial charge is 0.259 e. The van der Waals surface area contributed by atoms with Crippen LogP contribution in [0.5, 0.6) is 0 Å². The third kappa shape index (κ3) is 3.73. The van der Waals surface area contributed by atoms with Crippen molar-refractivity contribution in [3.8, 4) is 0 Å². The summed E-state index contributed by atoms with van der Waals surface area (Å²) in [4.78, 5) is 44.6. The van der Waals surface area contributed by atoms with E-state index >= 15 is 4.39 Å². The summed E-state index contributed by atoms with van der Waals surface area (Å²) < 4.78 is 24.0. The standard InChI is InChI=1S/C33H29FN4O4/c34-25-15-23-29-32(28(25)35-9-14-36-10-3-4-11-36)42-27-17-22-21(19-7-1-2-8-20(19)30(22)39)16-26(27)38(29)18-24(31(23)40)33(41)37-12-5-6-13-37/h1-2,7-8,15-18,35H,3-6,9-14H2. The Bertz CT molecular complexity index is 2170. The average Bonchev–Trinajstić information content (AvgIpc) is 3.77. The zero-order valence-electron chi connectivity index (χ0n) is 23.0. The summed E-state index contributed by atoms with van der Waals surface area (Å²) in [5.41, 5.74) is 1.06. The van der Waals surface area contributed by atoms with Crippen LogP contribution in [-0.2, 0) is 0 Å². The van der Waals surface area contributed by atoms with Crippen LogP contribution in [0.15, 0.2) is 62.7 Å². The van der Waals surface area contributed by atoms with Crippen molar-refractivity contribution in [1.29, 1.82) is 0 Å². The Kier molecular flexibility index (Phi) is 5.72. The van der Waals surface area contributed by atoms with Gasteiger partial charge in [0, 0.05) is 43.1 Å². The predicted octanol–water partition coefficient (Wildman–Crippen LogP) is 5.19. The number of amides is 1. The number of benzene rings is 3. The molecule has 0 spiro atoms. The number of anilines is 1. The molecule has 2 aliphatic heterocycles. The second kappa shape index (κ2) is 9.52. The zero-order chi connectivity index (χ0) is 28.5. The first-order valence-electron chi connectivity index (χ1n) is 14.7. The topological polar surface area (TPSA) is 87.3 Å². The zero-order valence-corrected chi connectivity index (χ0v) is 23.0. The Labute approximate surface area is 239 Å². The molecule has 6 aromatic rings. The summed E-state index contributed by atoms with van der Waals surface area (Å²) >= 11 is 0. The Hall–Kier alpha value is -4.50. The van der Waals surface area contributed by atoms with Gasteiger partial charge in [0.15, 0.2) is 22.4 Å². The lowest BCUT2D eigenvalue weighted by Crippen LogP contribution is -2.32. The summed E-state index contributed by atoms with van der Waals surface area (Å²) in [5.74, 6) is -0.978. The van der Waals surface area contributed by atoms with E-state index in [0.29, 0.717) is 47.0 Å². The van der Waals surface area contributed by atoms with E-state index in [1.165, 1.54) is 6.07 Å². The molecule has 8 rings (SSSR count). The van der Waals surface area contributed by atoms with Gasteiger partial charge in [-0.05, 0) is 67.7 Å². The Morgan fingerprint density at radius 2 is 1.60 bits per heavy atom. The van der Waals surface area contributed by atoms with Gasteiger partial charge in [-0.1, -0.05) is 24.3 Å². The first-order chi connectivity index (χ1) is 20.5. The van der Waals surface area contributed by atoms with Crippen LogP contribution in [0.25, 0.3) is 49.1 Å². The third-order valence-electron chi connectivity index (χ3n) is 9.02. The quantitative estimate of drug-likeness (QED) is 0.229. The highest BCUT2D eigenvalue weighted by atomic mass is 19.1. The third-order valence-corrected chi connectivity index (χ3v) is 9.02. The fraction of sp³-hybridized carbons (Fsp3) is 0.303. The number of pyridine rings is 1. The Morgan fingerprint density at radius 3 is 2.38 bits per heavy atom. The predicted molar refractivity (Wildman–Crippen MR) is 163 cm³/mol. The highest BCUT2D eigenvalue weighted by Crippen LogP contribution is 2.36.